The summed E-state index contributed by atoms with van der Waals surface area (Å²) >= 11 is 0. The van der Waals surface area contributed by atoms with Crippen molar-refractivity contribution in [1.29, 1.82) is 0 Å². The molecule has 0 bridgehead atoms. The second kappa shape index (κ2) is 6.41. The number of carbonyl (C=O) groups is 1. The van der Waals surface area contributed by atoms with Crippen LogP contribution < -0.4 is 10.5 Å². The molecular formula is C13H23N3O3S. The number of nitrogens with two attached hydrogens (primary N) is 1. The Balaban J connectivity index is 2.95. The minimum atomic E-state index is -3.80. The average molecular weight is 301 g/mol. The Bertz CT molecular complexity index is 576. The highest BCUT2D eigenvalue weighted by molar-refractivity contribution is 7.89. The lowest BCUT2D eigenvalue weighted by Crippen LogP contribution is -2.34. The number of aryl methyl sites for hydroxylation is 1. The smallest absolute Gasteiger partial charge is 0.268 e. The second-order valence-electron chi connectivity index (χ2n) is 5.40. The number of rotatable bonds is 6. The third-order valence-electron chi connectivity index (χ3n) is 2.98. The van der Waals surface area contributed by atoms with Crippen molar-refractivity contribution in [3.63, 3.8) is 0 Å². The van der Waals surface area contributed by atoms with Crippen molar-refractivity contribution in [2.24, 2.45) is 11.1 Å². The first kappa shape index (κ1) is 16.7. The van der Waals surface area contributed by atoms with Crippen molar-refractivity contribution in [3.05, 3.63) is 18.0 Å². The highest BCUT2D eigenvalue weighted by Gasteiger charge is 2.19. The SMILES string of the molecule is CCn1cc(S(N)(=O)=O)cc1C(=O)NC(C)CC(C)C. The molecule has 0 aliphatic heterocycles. The number of amides is 1. The molecule has 0 aliphatic carbocycles. The number of hydrogen-bond donors (Lipinski definition) is 2. The maximum atomic E-state index is 12.2. The normalized spacial score (nSPS) is 13.5. The number of hydrogen-bond acceptors (Lipinski definition) is 3. The highest BCUT2D eigenvalue weighted by atomic mass is 32.2. The van der Waals surface area contributed by atoms with Crippen LogP contribution in [-0.4, -0.2) is 24.9 Å². The molecule has 1 aromatic rings. The van der Waals surface area contributed by atoms with Crippen LogP contribution in [0.1, 0.15) is 44.6 Å². The van der Waals surface area contributed by atoms with Crippen LogP contribution in [0.3, 0.4) is 0 Å². The average Bonchev–Trinajstić information content (AvgIpc) is 2.70. The van der Waals surface area contributed by atoms with Crippen molar-refractivity contribution < 1.29 is 13.2 Å². The van der Waals surface area contributed by atoms with Gasteiger partial charge in [0.25, 0.3) is 5.91 Å². The summed E-state index contributed by atoms with van der Waals surface area (Å²) in [6, 6.07) is 1.34. The standard InChI is InChI=1S/C13H23N3O3S/c1-5-16-8-11(20(14,18)19)7-12(16)13(17)15-10(4)6-9(2)3/h7-10H,5-6H2,1-4H3,(H,15,17)(H2,14,18,19). The van der Waals surface area contributed by atoms with E-state index in [1.807, 2.05) is 13.8 Å². The van der Waals surface area contributed by atoms with E-state index in [1.165, 1.54) is 12.3 Å². The van der Waals surface area contributed by atoms with Crippen LogP contribution >= 0.6 is 0 Å². The third-order valence-corrected chi connectivity index (χ3v) is 3.86. The second-order valence-corrected chi connectivity index (χ2v) is 6.96. The predicted octanol–water partition coefficient (Wildman–Crippen LogP) is 1.32. The van der Waals surface area contributed by atoms with E-state index in [0.717, 1.165) is 6.42 Å². The molecule has 1 amide bonds. The van der Waals surface area contributed by atoms with E-state index >= 15 is 0 Å². The van der Waals surface area contributed by atoms with Crippen LogP contribution in [0.15, 0.2) is 17.2 Å². The lowest BCUT2D eigenvalue weighted by atomic mass is 10.1. The zero-order valence-corrected chi connectivity index (χ0v) is 13.2. The molecule has 0 aliphatic rings. The molecule has 0 radical (unpaired) electrons. The number of carbonyl (C=O) groups excluding carboxylic acids is 1. The molecule has 6 nitrogen and oxygen atoms in total. The molecule has 1 unspecified atom stereocenters. The molecule has 0 saturated heterocycles. The van der Waals surface area contributed by atoms with Crippen molar-refractivity contribution in [2.45, 2.75) is 51.6 Å². The Morgan fingerprint density at radius 3 is 2.45 bits per heavy atom. The molecule has 0 saturated carbocycles. The fourth-order valence-corrected chi connectivity index (χ4v) is 2.71. The van der Waals surface area contributed by atoms with Crippen LogP contribution in [0.5, 0.6) is 0 Å². The fraction of sp³-hybridized carbons (Fsp3) is 0.615. The molecule has 1 atom stereocenters. The summed E-state index contributed by atoms with van der Waals surface area (Å²) in [5, 5.41) is 7.96. The Kier molecular flexibility index (Phi) is 5.35. The number of primary sulfonamides is 1. The van der Waals surface area contributed by atoms with Gasteiger partial charge in [-0.05, 0) is 32.3 Å². The third kappa shape index (κ3) is 4.35. The summed E-state index contributed by atoms with van der Waals surface area (Å²) in [5.74, 6) is 0.193. The van der Waals surface area contributed by atoms with Gasteiger partial charge in [-0.25, -0.2) is 13.6 Å². The largest absolute Gasteiger partial charge is 0.348 e. The zero-order chi connectivity index (χ0) is 15.5. The minimum absolute atomic E-state index is 0.0284. The lowest BCUT2D eigenvalue weighted by molar-refractivity contribution is 0.0927. The summed E-state index contributed by atoms with van der Waals surface area (Å²) in [4.78, 5) is 12.1. The predicted molar refractivity (Wildman–Crippen MR) is 77.9 cm³/mol. The summed E-state index contributed by atoms with van der Waals surface area (Å²) in [5.41, 5.74) is 0.312. The Morgan fingerprint density at radius 2 is 2.00 bits per heavy atom. The van der Waals surface area contributed by atoms with Crippen LogP contribution in [0.25, 0.3) is 0 Å². The highest BCUT2D eigenvalue weighted by Crippen LogP contribution is 2.14. The summed E-state index contributed by atoms with van der Waals surface area (Å²) in [6.45, 7) is 8.42. The maximum Gasteiger partial charge on any atom is 0.268 e. The minimum Gasteiger partial charge on any atom is -0.348 e. The summed E-state index contributed by atoms with van der Waals surface area (Å²) in [6.07, 6.45) is 2.25. The van der Waals surface area contributed by atoms with E-state index in [9.17, 15) is 13.2 Å². The molecule has 0 aromatic carbocycles. The molecule has 7 heteroatoms. The van der Waals surface area contributed by atoms with Crippen LogP contribution in [0.2, 0.25) is 0 Å². The van der Waals surface area contributed by atoms with Gasteiger partial charge in [0, 0.05) is 18.8 Å². The van der Waals surface area contributed by atoms with Gasteiger partial charge in [0.2, 0.25) is 10.0 Å². The van der Waals surface area contributed by atoms with E-state index in [2.05, 4.69) is 19.2 Å². The van der Waals surface area contributed by atoms with Crippen molar-refractivity contribution in [1.82, 2.24) is 9.88 Å². The van der Waals surface area contributed by atoms with Gasteiger partial charge < -0.3 is 9.88 Å². The molecular weight excluding hydrogens is 278 g/mol. The Labute approximate surface area is 120 Å². The van der Waals surface area contributed by atoms with Crippen LogP contribution in [-0.2, 0) is 16.6 Å². The van der Waals surface area contributed by atoms with E-state index in [4.69, 9.17) is 5.14 Å². The maximum absolute atomic E-state index is 12.2. The summed E-state index contributed by atoms with van der Waals surface area (Å²) < 4.78 is 24.3. The van der Waals surface area contributed by atoms with Gasteiger partial charge in [0.15, 0.2) is 0 Å². The number of nitrogens with one attached hydrogen (secondary N) is 1. The Hall–Kier alpha value is -1.34. The first-order chi connectivity index (χ1) is 9.15. The molecule has 20 heavy (non-hydrogen) atoms. The first-order valence-corrected chi connectivity index (χ1v) is 8.23. The molecule has 0 fully saturated rings. The van der Waals surface area contributed by atoms with Crippen molar-refractivity contribution in [2.75, 3.05) is 0 Å². The van der Waals surface area contributed by atoms with E-state index in [0.29, 0.717) is 18.2 Å². The molecule has 3 N–H and O–H groups in total. The van der Waals surface area contributed by atoms with E-state index < -0.39 is 10.0 Å². The molecule has 1 rings (SSSR count). The number of aromatic nitrogens is 1. The molecule has 1 aromatic heterocycles. The quantitative estimate of drug-likeness (QED) is 0.829. The summed E-state index contributed by atoms with van der Waals surface area (Å²) in [7, 11) is -3.80. The van der Waals surface area contributed by atoms with Gasteiger partial charge in [-0.2, -0.15) is 0 Å². The van der Waals surface area contributed by atoms with Gasteiger partial charge in [-0.3, -0.25) is 4.79 Å². The van der Waals surface area contributed by atoms with Crippen molar-refractivity contribution >= 4 is 15.9 Å². The molecule has 0 spiro atoms. The molecule has 1 heterocycles. The number of sulfonamides is 1. The lowest BCUT2D eigenvalue weighted by Gasteiger charge is -2.16. The van der Waals surface area contributed by atoms with Crippen LogP contribution in [0, 0.1) is 5.92 Å². The first-order valence-electron chi connectivity index (χ1n) is 6.69. The number of nitrogens with zero attached hydrogens (tertiary/aromatic N) is 1. The fourth-order valence-electron chi connectivity index (χ4n) is 2.16. The van der Waals surface area contributed by atoms with E-state index in [1.54, 1.807) is 4.57 Å². The monoisotopic (exact) mass is 301 g/mol. The van der Waals surface area contributed by atoms with Crippen LogP contribution in [0.4, 0.5) is 0 Å². The Morgan fingerprint density at radius 1 is 1.40 bits per heavy atom. The molecule has 114 valence electrons. The van der Waals surface area contributed by atoms with Gasteiger partial charge in [0.05, 0.1) is 0 Å². The van der Waals surface area contributed by atoms with Gasteiger partial charge in [-0.15, -0.1) is 0 Å². The van der Waals surface area contributed by atoms with E-state index in [-0.39, 0.29) is 16.8 Å². The van der Waals surface area contributed by atoms with Gasteiger partial charge in [-0.1, -0.05) is 13.8 Å². The topological polar surface area (TPSA) is 94.2 Å². The van der Waals surface area contributed by atoms with Gasteiger partial charge in [0.1, 0.15) is 10.6 Å². The zero-order valence-electron chi connectivity index (χ0n) is 12.4. The van der Waals surface area contributed by atoms with Gasteiger partial charge >= 0.3 is 0 Å². The van der Waals surface area contributed by atoms with Crippen molar-refractivity contribution in [3.8, 4) is 0 Å².